The second kappa shape index (κ2) is 8.08. The summed E-state index contributed by atoms with van der Waals surface area (Å²) in [5.74, 6) is 0.0390. The molecular weight excluding hydrogens is 202 g/mol. The number of allylic oxidation sites excluding steroid dienone is 2. The highest BCUT2D eigenvalue weighted by molar-refractivity contribution is 6.34. The Kier molecular flexibility index (Phi) is 7.52. The third-order valence-electron chi connectivity index (χ3n) is 2.53. The van der Waals surface area contributed by atoms with Crippen LogP contribution in [0.4, 0.5) is 0 Å². The highest BCUT2D eigenvalue weighted by Crippen LogP contribution is 2.14. The zero-order valence-electron chi connectivity index (χ0n) is 10.8. The molecule has 0 heterocycles. The average Bonchev–Trinajstić information content (AvgIpc) is 2.24. The van der Waals surface area contributed by atoms with Gasteiger partial charge in [-0.05, 0) is 45.4 Å². The van der Waals surface area contributed by atoms with Gasteiger partial charge in [0.25, 0.3) is 0 Å². The predicted octanol–water partition coefficient (Wildman–Crippen LogP) is 3.34. The lowest BCUT2D eigenvalue weighted by molar-refractivity contribution is -0.132. The minimum absolute atomic E-state index is 0.0802. The summed E-state index contributed by atoms with van der Waals surface area (Å²) in [6.45, 7) is 6.35. The van der Waals surface area contributed by atoms with Crippen LogP contribution in [0, 0.1) is 11.3 Å². The van der Waals surface area contributed by atoms with Crippen molar-refractivity contribution >= 4 is 11.7 Å². The van der Waals surface area contributed by atoms with E-state index in [1.165, 1.54) is 12.7 Å². The van der Waals surface area contributed by atoms with Gasteiger partial charge in [-0.2, -0.15) is 0 Å². The Morgan fingerprint density at radius 2 is 2.00 bits per heavy atom. The molecule has 0 aromatic carbocycles. The zero-order chi connectivity index (χ0) is 12.6. The van der Waals surface area contributed by atoms with Gasteiger partial charge in [-0.3, -0.25) is 5.41 Å². The fourth-order valence-electron chi connectivity index (χ4n) is 1.42. The molecular formula is C13H23NO2. The van der Waals surface area contributed by atoms with Gasteiger partial charge in [-0.1, -0.05) is 18.6 Å². The summed E-state index contributed by atoms with van der Waals surface area (Å²) in [6.07, 6.45) is 5.81. The van der Waals surface area contributed by atoms with E-state index in [1.807, 2.05) is 0 Å². The number of hydrogen-bond acceptors (Lipinski definition) is 3. The van der Waals surface area contributed by atoms with E-state index in [4.69, 9.17) is 5.41 Å². The molecule has 0 saturated heterocycles. The number of carbonyl (C=O) groups excluding carboxylic acids is 1. The van der Waals surface area contributed by atoms with Gasteiger partial charge >= 0.3 is 5.97 Å². The largest absolute Gasteiger partial charge is 0.465 e. The summed E-state index contributed by atoms with van der Waals surface area (Å²) in [4.78, 5) is 11.0. The molecule has 92 valence electrons. The lowest BCUT2D eigenvalue weighted by atomic mass is 9.97. The van der Waals surface area contributed by atoms with Gasteiger partial charge in [-0.15, -0.1) is 0 Å². The molecule has 0 spiro atoms. The molecule has 0 fully saturated rings. The van der Waals surface area contributed by atoms with Crippen LogP contribution in [-0.2, 0) is 9.53 Å². The van der Waals surface area contributed by atoms with Crippen LogP contribution in [0.5, 0.6) is 0 Å². The summed E-state index contributed by atoms with van der Waals surface area (Å²) >= 11 is 0. The van der Waals surface area contributed by atoms with Crippen LogP contribution in [0.2, 0.25) is 0 Å². The maximum atomic E-state index is 11.0. The van der Waals surface area contributed by atoms with Crippen LogP contribution >= 0.6 is 0 Å². The monoisotopic (exact) mass is 225 g/mol. The van der Waals surface area contributed by atoms with E-state index in [2.05, 4.69) is 31.6 Å². The molecule has 1 N–H and O–H groups in total. The van der Waals surface area contributed by atoms with Gasteiger partial charge in [0.2, 0.25) is 0 Å². The third kappa shape index (κ3) is 7.21. The van der Waals surface area contributed by atoms with Crippen molar-refractivity contribution in [2.24, 2.45) is 5.92 Å². The Morgan fingerprint density at radius 1 is 1.38 bits per heavy atom. The van der Waals surface area contributed by atoms with Crippen LogP contribution < -0.4 is 0 Å². The topological polar surface area (TPSA) is 50.2 Å². The minimum atomic E-state index is -0.503. The molecule has 0 amide bonds. The van der Waals surface area contributed by atoms with Crippen LogP contribution in [0.15, 0.2) is 11.6 Å². The molecule has 0 aliphatic heterocycles. The first kappa shape index (κ1) is 14.9. The fraction of sp³-hybridized carbons (Fsp3) is 0.692. The van der Waals surface area contributed by atoms with E-state index < -0.39 is 5.97 Å². The van der Waals surface area contributed by atoms with Crippen molar-refractivity contribution in [2.75, 3.05) is 7.11 Å². The molecule has 1 unspecified atom stereocenters. The molecule has 3 nitrogen and oxygen atoms in total. The van der Waals surface area contributed by atoms with Crippen molar-refractivity contribution in [3.8, 4) is 0 Å². The Balaban J connectivity index is 3.73. The Hall–Kier alpha value is -1.12. The number of hydrogen-bond donors (Lipinski definition) is 1. The van der Waals surface area contributed by atoms with Crippen LogP contribution in [0.1, 0.15) is 46.5 Å². The lowest BCUT2D eigenvalue weighted by Crippen LogP contribution is -2.15. The predicted molar refractivity (Wildman–Crippen MR) is 66.8 cm³/mol. The van der Waals surface area contributed by atoms with Gasteiger partial charge in [0.1, 0.15) is 5.71 Å². The van der Waals surface area contributed by atoms with E-state index >= 15 is 0 Å². The molecule has 0 aliphatic rings. The molecule has 0 bridgehead atoms. The van der Waals surface area contributed by atoms with Crippen LogP contribution in [0.3, 0.4) is 0 Å². The summed E-state index contributed by atoms with van der Waals surface area (Å²) in [5, 5.41) is 7.45. The maximum absolute atomic E-state index is 11.0. The third-order valence-corrected chi connectivity index (χ3v) is 2.53. The van der Waals surface area contributed by atoms with Gasteiger partial charge in [0.05, 0.1) is 7.11 Å². The number of esters is 1. The Morgan fingerprint density at radius 3 is 2.50 bits per heavy atom. The van der Waals surface area contributed by atoms with Gasteiger partial charge < -0.3 is 4.74 Å². The van der Waals surface area contributed by atoms with Crippen molar-refractivity contribution in [2.45, 2.75) is 46.5 Å². The maximum Gasteiger partial charge on any atom is 0.351 e. The van der Waals surface area contributed by atoms with Crippen molar-refractivity contribution in [3.05, 3.63) is 11.6 Å². The number of methoxy groups -OCH3 is 1. The van der Waals surface area contributed by atoms with E-state index in [-0.39, 0.29) is 5.71 Å². The average molecular weight is 225 g/mol. The fourth-order valence-corrected chi connectivity index (χ4v) is 1.42. The van der Waals surface area contributed by atoms with Gasteiger partial charge in [0, 0.05) is 0 Å². The quantitative estimate of drug-likeness (QED) is 0.410. The smallest absolute Gasteiger partial charge is 0.351 e. The Labute approximate surface area is 98.4 Å². The van der Waals surface area contributed by atoms with E-state index in [9.17, 15) is 4.79 Å². The van der Waals surface area contributed by atoms with Crippen molar-refractivity contribution in [3.63, 3.8) is 0 Å². The van der Waals surface area contributed by atoms with E-state index in [0.717, 1.165) is 19.3 Å². The highest BCUT2D eigenvalue weighted by Gasteiger charge is 2.10. The molecule has 0 radical (unpaired) electrons. The summed E-state index contributed by atoms with van der Waals surface area (Å²) in [6, 6.07) is 0. The van der Waals surface area contributed by atoms with Gasteiger partial charge in [0.15, 0.2) is 0 Å². The standard InChI is InChI=1S/C13H23NO2/c1-10(2)6-5-7-11(3)8-9-12(14)13(15)16-4/h6,11,14H,5,7-9H2,1-4H3. The number of rotatable bonds is 7. The van der Waals surface area contributed by atoms with E-state index in [1.54, 1.807) is 0 Å². The number of carbonyl (C=O) groups is 1. The molecule has 0 saturated carbocycles. The van der Waals surface area contributed by atoms with Crippen molar-refractivity contribution < 1.29 is 9.53 Å². The first-order chi connectivity index (χ1) is 7.47. The van der Waals surface area contributed by atoms with Crippen molar-refractivity contribution in [1.82, 2.24) is 0 Å². The van der Waals surface area contributed by atoms with E-state index in [0.29, 0.717) is 12.3 Å². The Bertz CT molecular complexity index is 265. The molecule has 3 heteroatoms. The molecule has 0 aromatic heterocycles. The molecule has 1 atom stereocenters. The minimum Gasteiger partial charge on any atom is -0.465 e. The molecule has 0 aromatic rings. The van der Waals surface area contributed by atoms with Crippen LogP contribution in [-0.4, -0.2) is 18.8 Å². The second-order valence-electron chi connectivity index (χ2n) is 4.47. The SMILES string of the molecule is COC(=O)C(=N)CCC(C)CCC=C(C)C. The van der Waals surface area contributed by atoms with Crippen molar-refractivity contribution in [1.29, 1.82) is 5.41 Å². The second-order valence-corrected chi connectivity index (χ2v) is 4.47. The summed E-state index contributed by atoms with van der Waals surface area (Å²) < 4.78 is 4.48. The summed E-state index contributed by atoms with van der Waals surface area (Å²) in [5.41, 5.74) is 1.42. The first-order valence-electron chi connectivity index (χ1n) is 5.76. The number of ether oxygens (including phenoxy) is 1. The van der Waals surface area contributed by atoms with Gasteiger partial charge in [-0.25, -0.2) is 4.79 Å². The van der Waals surface area contributed by atoms with Crippen LogP contribution in [0.25, 0.3) is 0 Å². The lowest BCUT2D eigenvalue weighted by Gasteiger charge is -2.09. The number of nitrogens with one attached hydrogen (secondary N) is 1. The molecule has 0 rings (SSSR count). The molecule has 0 aliphatic carbocycles. The highest BCUT2D eigenvalue weighted by atomic mass is 16.5. The zero-order valence-corrected chi connectivity index (χ0v) is 10.8. The summed E-state index contributed by atoms with van der Waals surface area (Å²) in [7, 11) is 1.31. The normalized spacial score (nSPS) is 11.8. The molecule has 16 heavy (non-hydrogen) atoms. The first-order valence-corrected chi connectivity index (χ1v) is 5.76.